The van der Waals surface area contributed by atoms with Gasteiger partial charge in [0.2, 0.25) is 0 Å². The van der Waals surface area contributed by atoms with E-state index in [1.165, 1.54) is 42.6 Å². The normalized spacial score (nSPS) is 7.42. The summed E-state index contributed by atoms with van der Waals surface area (Å²) in [5.74, 6) is 0. The zero-order valence-corrected chi connectivity index (χ0v) is 27.3. The molecule has 38 heavy (non-hydrogen) atoms. The summed E-state index contributed by atoms with van der Waals surface area (Å²) >= 11 is 1.40. The molecule has 6 rings (SSSR count). The Kier molecular flexibility index (Phi) is 49.0. The summed E-state index contributed by atoms with van der Waals surface area (Å²) in [7, 11) is 0. The van der Waals surface area contributed by atoms with E-state index in [9.17, 15) is 0 Å². The summed E-state index contributed by atoms with van der Waals surface area (Å²) in [6.45, 7) is 2.23. The standard InChI is InChI=1S/6C5H.C4H9.3Fe.Pb/c6*1-2-4-5-3-1;1-3-4-2;;;;/h6*1H;1,3-4H2,2H3;;;;/q6*-5;;;;;. The molecule has 0 aromatic heterocycles. The average molecular weight is 798 g/mol. The first kappa shape index (κ1) is 43.6. The molecule has 3 radical (unpaired) electrons. The molecule has 6 aromatic rings. The van der Waals surface area contributed by atoms with E-state index in [2.05, 4.69) is 153 Å². The molecule has 0 saturated carbocycles. The van der Waals surface area contributed by atoms with Gasteiger partial charge in [-0.2, -0.15) is 0 Å². The fourth-order valence-electron chi connectivity index (χ4n) is 1.26. The van der Waals surface area contributed by atoms with Gasteiger partial charge in [0.05, 0.1) is 0 Å². The van der Waals surface area contributed by atoms with Crippen LogP contribution in [-0.4, -0.2) is 25.8 Å². The third-order valence-corrected chi connectivity index (χ3v) is 4.01. The minimum atomic E-state index is 0. The van der Waals surface area contributed by atoms with Crippen LogP contribution in [0.5, 0.6) is 0 Å². The third-order valence-electron chi connectivity index (χ3n) is 2.64. The Morgan fingerprint density at radius 3 is 0.553 bits per heavy atom. The molecule has 0 N–H and O–H groups in total. The Balaban J connectivity index is -0.000000175. The molecule has 0 amide bonds. The molecular weight excluding hydrogens is 783 g/mol. The van der Waals surface area contributed by atoms with Gasteiger partial charge in [-0.1, -0.05) is 0 Å². The summed E-state index contributed by atoms with van der Waals surface area (Å²) in [6, 6.07) is 72.0. The van der Waals surface area contributed by atoms with Crippen molar-refractivity contribution in [2.75, 3.05) is 0 Å². The van der Waals surface area contributed by atoms with E-state index in [4.69, 9.17) is 0 Å². The number of hydrogen-bond acceptors (Lipinski definition) is 0. The predicted molar refractivity (Wildman–Crippen MR) is 130 cm³/mol. The van der Waals surface area contributed by atoms with Gasteiger partial charge in [0.15, 0.2) is 0 Å². The number of rotatable bonds is 2. The first-order valence-electron chi connectivity index (χ1n) is 10.0. The molecule has 0 heterocycles. The van der Waals surface area contributed by atoms with Crippen LogP contribution >= 0.6 is 0 Å². The van der Waals surface area contributed by atoms with Crippen molar-refractivity contribution in [2.24, 2.45) is 0 Å². The molecule has 0 fully saturated rings. The Morgan fingerprint density at radius 2 is 0.526 bits per heavy atom. The molecule has 0 aliphatic carbocycles. The van der Waals surface area contributed by atoms with Gasteiger partial charge in [-0.15, -0.1) is 0 Å². The largest absolute Gasteiger partial charge is 0.999 e. The van der Waals surface area contributed by atoms with Gasteiger partial charge in [0.1, 0.15) is 0 Å². The number of unbranched alkanes of at least 4 members (excludes halogenated alkanes) is 1. The monoisotopic (exact) mass is 799 g/mol. The summed E-state index contributed by atoms with van der Waals surface area (Å²) < 4.78 is 1.48. The smallest absolute Gasteiger partial charge is 0 e. The summed E-state index contributed by atoms with van der Waals surface area (Å²) in [4.78, 5) is 0. The van der Waals surface area contributed by atoms with Crippen LogP contribution in [0.4, 0.5) is 0 Å². The molecule has 0 saturated heterocycles. The molecular formula is C34H15Fe3Pb-30. The maximum Gasteiger partial charge on any atom is 0 e. The van der Waals surface area contributed by atoms with Crippen LogP contribution < -0.4 is 0 Å². The second-order valence-corrected chi connectivity index (χ2v) is 7.15. The van der Waals surface area contributed by atoms with Crippen LogP contribution in [-0.2, 0) is 51.2 Å². The zero-order chi connectivity index (χ0) is 25.3. The van der Waals surface area contributed by atoms with Crippen molar-refractivity contribution in [2.45, 2.75) is 23.7 Å². The number of hydrogen-bond donors (Lipinski definition) is 0. The average Bonchev–Trinajstić information content (AvgIpc) is 3.82. The maximum absolute atomic E-state index is 2.62. The summed E-state index contributed by atoms with van der Waals surface area (Å²) in [6.07, 6.45) is 2.83. The molecule has 0 aliphatic heterocycles. The van der Waals surface area contributed by atoms with Crippen LogP contribution in [0.1, 0.15) is 19.8 Å². The molecule has 209 valence electrons. The van der Waals surface area contributed by atoms with Gasteiger partial charge < -0.3 is 182 Å². The quantitative estimate of drug-likeness (QED) is 0.171. The van der Waals surface area contributed by atoms with E-state index in [-0.39, 0.29) is 51.2 Å². The van der Waals surface area contributed by atoms with E-state index < -0.39 is 0 Å². The first-order valence-corrected chi connectivity index (χ1v) is 12.8. The molecule has 0 atom stereocenters. The van der Waals surface area contributed by atoms with Crippen LogP contribution in [0.3, 0.4) is 0 Å². The topological polar surface area (TPSA) is 0 Å². The second kappa shape index (κ2) is 42.7. The molecule has 0 spiro atoms. The Labute approximate surface area is 280 Å². The van der Waals surface area contributed by atoms with Crippen molar-refractivity contribution in [3.8, 4) is 0 Å². The van der Waals surface area contributed by atoms with E-state index in [1.54, 1.807) is 36.4 Å². The van der Waals surface area contributed by atoms with E-state index in [0.717, 1.165) is 0 Å². The predicted octanol–water partition coefficient (Wildman–Crippen LogP) is 5.00. The van der Waals surface area contributed by atoms with E-state index >= 15 is 0 Å². The minimum Gasteiger partial charge on any atom is -0.999 e. The van der Waals surface area contributed by atoms with Crippen molar-refractivity contribution in [3.05, 3.63) is 182 Å². The van der Waals surface area contributed by atoms with Gasteiger partial charge >= 0.3 is 49.5 Å². The van der Waals surface area contributed by atoms with Crippen LogP contribution in [0.2, 0.25) is 3.98 Å². The van der Waals surface area contributed by atoms with Crippen molar-refractivity contribution in [1.29, 1.82) is 0 Å². The Bertz CT molecular complexity index is 609. The third kappa shape index (κ3) is 41.7. The Morgan fingerprint density at radius 1 is 0.368 bits per heavy atom. The fourth-order valence-corrected chi connectivity index (χ4v) is 2.63. The molecule has 6 aromatic carbocycles. The van der Waals surface area contributed by atoms with E-state index in [1.807, 2.05) is 0 Å². The van der Waals surface area contributed by atoms with E-state index in [0.29, 0.717) is 0 Å². The van der Waals surface area contributed by atoms with Gasteiger partial charge in [-0.05, 0) is 0 Å². The molecule has 0 bridgehead atoms. The van der Waals surface area contributed by atoms with Crippen LogP contribution in [0.25, 0.3) is 0 Å². The molecule has 0 unspecified atom stereocenters. The molecule has 0 aliphatic rings. The van der Waals surface area contributed by atoms with Crippen molar-refractivity contribution in [3.63, 3.8) is 0 Å². The summed E-state index contributed by atoms with van der Waals surface area (Å²) in [5, 5.41) is 0. The minimum absolute atomic E-state index is 0. The first-order chi connectivity index (χ1) is 17.4. The van der Waals surface area contributed by atoms with Crippen molar-refractivity contribution < 1.29 is 51.2 Å². The van der Waals surface area contributed by atoms with Crippen molar-refractivity contribution >= 4 is 25.8 Å². The second-order valence-electron chi connectivity index (χ2n) is 5.20. The summed E-state index contributed by atoms with van der Waals surface area (Å²) in [5.41, 5.74) is 0. The molecule has 4 heteroatoms. The maximum atomic E-state index is 2.62. The fraction of sp³-hybridized carbons (Fsp3) is 0.118. The zero-order valence-electron chi connectivity index (χ0n) is 20.1. The van der Waals surface area contributed by atoms with Crippen LogP contribution in [0, 0.1) is 146 Å². The van der Waals surface area contributed by atoms with Gasteiger partial charge in [0.25, 0.3) is 0 Å². The van der Waals surface area contributed by atoms with Gasteiger partial charge in [0, 0.05) is 51.2 Å². The van der Waals surface area contributed by atoms with Crippen LogP contribution in [0.15, 0.2) is 36.4 Å². The van der Waals surface area contributed by atoms with Gasteiger partial charge in [-0.3, -0.25) is 0 Å². The molecule has 0 nitrogen and oxygen atoms in total. The SMILES string of the molecule is CCC[CH2][Pb].[Fe].[Fe].[Fe].[c-]1[c-][c-][cH-][c-]1.[c-]1[c-][c-][cH-][c-]1.[c-]1[c-][c-][cH-][c-]1.[c-]1[c-][c-][cH-][c-]1.[c-]1[c-][c-][cH-][c-]1.[c-]1[c-][c-][cH-][c-]1. The van der Waals surface area contributed by atoms with Crippen molar-refractivity contribution in [1.82, 2.24) is 0 Å². The van der Waals surface area contributed by atoms with Gasteiger partial charge in [-0.25, -0.2) is 0 Å². The Hall–Kier alpha value is -1.42.